The highest BCUT2D eigenvalue weighted by atomic mass is 32.2. The summed E-state index contributed by atoms with van der Waals surface area (Å²) in [7, 11) is -3.44. The Morgan fingerprint density at radius 3 is 2.79 bits per heavy atom. The normalized spacial score (nSPS) is 17.3. The molecule has 3 rings (SSSR count). The topological polar surface area (TPSA) is 86.2 Å². The Balaban J connectivity index is 1.93. The van der Waals surface area contributed by atoms with E-state index in [1.54, 1.807) is 18.2 Å². The van der Waals surface area contributed by atoms with Gasteiger partial charge in [0.1, 0.15) is 5.52 Å². The van der Waals surface area contributed by atoms with E-state index in [-0.39, 0.29) is 16.9 Å². The van der Waals surface area contributed by atoms with Gasteiger partial charge in [0, 0.05) is 5.69 Å². The van der Waals surface area contributed by atoms with Gasteiger partial charge in [-0.3, -0.25) is 0 Å². The quantitative estimate of drug-likeness (QED) is 0.872. The van der Waals surface area contributed by atoms with Crippen LogP contribution in [0.2, 0.25) is 0 Å². The summed E-state index contributed by atoms with van der Waals surface area (Å²) in [5.74, 6) is 0.375. The molecule has 2 N–H and O–H groups in total. The van der Waals surface area contributed by atoms with Gasteiger partial charge in [0.25, 0.3) is 0 Å². The van der Waals surface area contributed by atoms with E-state index in [0.717, 1.165) is 25.7 Å². The lowest BCUT2D eigenvalue weighted by atomic mass is 10.1. The van der Waals surface area contributed by atoms with Crippen molar-refractivity contribution in [2.24, 2.45) is 5.92 Å². The molecule has 1 aromatic heterocycles. The number of nitrogens with two attached hydrogens (primary N) is 1. The van der Waals surface area contributed by atoms with Crippen molar-refractivity contribution in [3.63, 3.8) is 0 Å². The molecule has 1 aliphatic carbocycles. The van der Waals surface area contributed by atoms with Crippen LogP contribution >= 0.6 is 0 Å². The molecular weight excluding hydrogens is 264 g/mol. The lowest BCUT2D eigenvalue weighted by molar-refractivity contribution is 0.452. The number of oxazole rings is 1. The number of fused-ring (bicyclic) bond motifs is 1. The zero-order valence-electron chi connectivity index (χ0n) is 10.5. The van der Waals surface area contributed by atoms with Crippen molar-refractivity contribution in [3.8, 4) is 0 Å². The van der Waals surface area contributed by atoms with E-state index in [1.165, 1.54) is 0 Å². The minimum Gasteiger partial charge on any atom is -0.428 e. The number of benzene rings is 1. The summed E-state index contributed by atoms with van der Waals surface area (Å²) in [5.41, 5.74) is 7.13. The third-order valence-electron chi connectivity index (χ3n) is 3.59. The molecule has 19 heavy (non-hydrogen) atoms. The fraction of sp³-hybridized carbons (Fsp3) is 0.462. The predicted molar refractivity (Wildman–Crippen MR) is 72.4 cm³/mol. The number of aromatic nitrogens is 1. The minimum absolute atomic E-state index is 0.134. The number of rotatable bonds is 3. The molecule has 2 aromatic rings. The zero-order chi connectivity index (χ0) is 13.5. The number of nitrogen functional groups attached to an aromatic ring is 1. The van der Waals surface area contributed by atoms with Gasteiger partial charge in [0.05, 0.1) is 5.75 Å². The van der Waals surface area contributed by atoms with Crippen molar-refractivity contribution in [2.45, 2.75) is 30.9 Å². The van der Waals surface area contributed by atoms with E-state index in [4.69, 9.17) is 10.2 Å². The molecule has 0 unspecified atom stereocenters. The molecule has 0 aliphatic heterocycles. The summed E-state index contributed by atoms with van der Waals surface area (Å²) in [6.45, 7) is 0. The largest absolute Gasteiger partial charge is 0.428 e. The average molecular weight is 280 g/mol. The van der Waals surface area contributed by atoms with Gasteiger partial charge >= 0.3 is 5.22 Å². The van der Waals surface area contributed by atoms with Crippen molar-refractivity contribution in [1.29, 1.82) is 0 Å². The first kappa shape index (κ1) is 12.5. The Hall–Kier alpha value is -1.56. The van der Waals surface area contributed by atoms with Crippen LogP contribution in [0, 0.1) is 5.92 Å². The zero-order valence-corrected chi connectivity index (χ0v) is 11.3. The summed E-state index contributed by atoms with van der Waals surface area (Å²) < 4.78 is 29.9. The fourth-order valence-corrected chi connectivity index (χ4v) is 4.17. The average Bonchev–Trinajstić information content (AvgIpc) is 2.96. The van der Waals surface area contributed by atoms with E-state index in [9.17, 15) is 8.42 Å². The Labute approximate surface area is 111 Å². The van der Waals surface area contributed by atoms with Gasteiger partial charge in [-0.15, -0.1) is 0 Å². The third kappa shape index (κ3) is 2.45. The molecular formula is C13H16N2O3S. The Kier molecular flexibility index (Phi) is 2.97. The Bertz CT molecular complexity index is 700. The van der Waals surface area contributed by atoms with E-state index in [1.807, 2.05) is 0 Å². The molecule has 1 aromatic carbocycles. The molecule has 1 heterocycles. The summed E-state index contributed by atoms with van der Waals surface area (Å²) in [5, 5.41) is -0.181. The van der Waals surface area contributed by atoms with Crippen molar-refractivity contribution in [1.82, 2.24) is 4.98 Å². The first-order valence-corrected chi connectivity index (χ1v) is 8.09. The number of sulfone groups is 1. The molecule has 0 saturated heterocycles. The van der Waals surface area contributed by atoms with Gasteiger partial charge in [0.15, 0.2) is 5.58 Å². The van der Waals surface area contributed by atoms with Crippen LogP contribution in [0.25, 0.3) is 11.1 Å². The van der Waals surface area contributed by atoms with Gasteiger partial charge < -0.3 is 10.2 Å². The highest BCUT2D eigenvalue weighted by Gasteiger charge is 2.28. The number of hydrogen-bond donors (Lipinski definition) is 1. The molecule has 102 valence electrons. The molecule has 0 bridgehead atoms. The monoisotopic (exact) mass is 280 g/mol. The second-order valence-corrected chi connectivity index (χ2v) is 7.05. The molecule has 0 amide bonds. The highest BCUT2D eigenvalue weighted by molar-refractivity contribution is 7.91. The second-order valence-electron chi connectivity index (χ2n) is 5.14. The van der Waals surface area contributed by atoms with Crippen LogP contribution in [0.3, 0.4) is 0 Å². The molecule has 1 aliphatic rings. The van der Waals surface area contributed by atoms with Crippen molar-refractivity contribution in [2.75, 3.05) is 11.5 Å². The van der Waals surface area contributed by atoms with Crippen LogP contribution in [-0.2, 0) is 9.84 Å². The second kappa shape index (κ2) is 4.52. The van der Waals surface area contributed by atoms with Gasteiger partial charge in [0.2, 0.25) is 9.84 Å². The van der Waals surface area contributed by atoms with E-state index >= 15 is 0 Å². The first-order valence-electron chi connectivity index (χ1n) is 6.43. The van der Waals surface area contributed by atoms with Gasteiger partial charge in [-0.1, -0.05) is 12.8 Å². The molecule has 0 radical (unpaired) electrons. The van der Waals surface area contributed by atoms with E-state index < -0.39 is 9.84 Å². The standard InChI is InChI=1S/C13H16N2O3S/c14-10-5-6-12-11(7-10)15-13(18-12)19(16,17)8-9-3-1-2-4-9/h5-7,9H,1-4,8,14H2. The van der Waals surface area contributed by atoms with E-state index in [0.29, 0.717) is 16.8 Å². The molecule has 1 saturated carbocycles. The Morgan fingerprint density at radius 1 is 1.32 bits per heavy atom. The van der Waals surface area contributed by atoms with Crippen molar-refractivity contribution >= 4 is 26.6 Å². The highest BCUT2D eigenvalue weighted by Crippen LogP contribution is 2.29. The lowest BCUT2D eigenvalue weighted by Crippen LogP contribution is -2.14. The van der Waals surface area contributed by atoms with Crippen molar-refractivity contribution in [3.05, 3.63) is 18.2 Å². The van der Waals surface area contributed by atoms with Crippen LogP contribution in [0.5, 0.6) is 0 Å². The van der Waals surface area contributed by atoms with Crippen LogP contribution in [-0.4, -0.2) is 19.2 Å². The number of hydrogen-bond acceptors (Lipinski definition) is 5. The minimum atomic E-state index is -3.44. The number of anilines is 1. The predicted octanol–water partition coefficient (Wildman–Crippen LogP) is 2.37. The summed E-state index contributed by atoms with van der Waals surface area (Å²) in [4.78, 5) is 4.05. The van der Waals surface area contributed by atoms with Gasteiger partial charge in [-0.05, 0) is 37.0 Å². The maximum absolute atomic E-state index is 12.3. The maximum atomic E-state index is 12.3. The van der Waals surface area contributed by atoms with Crippen LogP contribution < -0.4 is 5.73 Å². The van der Waals surface area contributed by atoms with Crippen LogP contribution in [0.1, 0.15) is 25.7 Å². The molecule has 1 fully saturated rings. The first-order chi connectivity index (χ1) is 9.04. The molecule has 5 nitrogen and oxygen atoms in total. The fourth-order valence-electron chi connectivity index (χ4n) is 2.61. The van der Waals surface area contributed by atoms with E-state index in [2.05, 4.69) is 4.98 Å². The summed E-state index contributed by atoms with van der Waals surface area (Å²) in [6, 6.07) is 4.93. The smallest absolute Gasteiger partial charge is 0.316 e. The maximum Gasteiger partial charge on any atom is 0.316 e. The number of nitrogens with zero attached hydrogens (tertiary/aromatic N) is 1. The van der Waals surface area contributed by atoms with Gasteiger partial charge in [-0.2, -0.15) is 4.98 Å². The molecule has 6 heteroatoms. The molecule has 0 spiro atoms. The lowest BCUT2D eigenvalue weighted by Gasteiger charge is -2.06. The van der Waals surface area contributed by atoms with Crippen molar-refractivity contribution < 1.29 is 12.8 Å². The van der Waals surface area contributed by atoms with Gasteiger partial charge in [-0.25, -0.2) is 8.42 Å². The third-order valence-corrected chi connectivity index (χ3v) is 5.20. The van der Waals surface area contributed by atoms with Crippen LogP contribution in [0.15, 0.2) is 27.8 Å². The summed E-state index contributed by atoms with van der Waals surface area (Å²) >= 11 is 0. The van der Waals surface area contributed by atoms with Crippen LogP contribution in [0.4, 0.5) is 5.69 Å². The SMILES string of the molecule is Nc1ccc2oc(S(=O)(=O)CC3CCCC3)nc2c1. The molecule has 0 atom stereocenters. The summed E-state index contributed by atoms with van der Waals surface area (Å²) in [6.07, 6.45) is 4.19. The Morgan fingerprint density at radius 2 is 2.05 bits per heavy atom.